The smallest absolute Gasteiger partial charge is 0.223 e. The van der Waals surface area contributed by atoms with E-state index in [1.807, 2.05) is 55.1 Å². The van der Waals surface area contributed by atoms with Gasteiger partial charge in [0.25, 0.3) is 0 Å². The van der Waals surface area contributed by atoms with Gasteiger partial charge in [-0.3, -0.25) is 4.79 Å². The van der Waals surface area contributed by atoms with Crippen molar-refractivity contribution in [3.05, 3.63) is 54.0 Å². The van der Waals surface area contributed by atoms with E-state index in [9.17, 15) is 4.79 Å². The number of carbonyl (C=O) groups excluding carboxylic acids is 1. The van der Waals surface area contributed by atoms with Crippen LogP contribution in [0.1, 0.15) is 31.6 Å². The molecule has 0 fully saturated rings. The lowest BCUT2D eigenvalue weighted by atomic mass is 10.1. The van der Waals surface area contributed by atoms with Crippen molar-refractivity contribution in [2.75, 3.05) is 5.73 Å². The van der Waals surface area contributed by atoms with Crippen LogP contribution in [0.2, 0.25) is 0 Å². The quantitative estimate of drug-likeness (QED) is 0.829. The van der Waals surface area contributed by atoms with Gasteiger partial charge in [0.05, 0.1) is 6.26 Å². The van der Waals surface area contributed by atoms with Crippen molar-refractivity contribution in [1.82, 2.24) is 4.90 Å². The molecule has 112 valence electrons. The summed E-state index contributed by atoms with van der Waals surface area (Å²) in [5, 5.41) is 0. The van der Waals surface area contributed by atoms with Gasteiger partial charge in [-0.15, -0.1) is 0 Å². The zero-order chi connectivity index (χ0) is 15.2. The number of nitrogen functional groups attached to an aromatic ring is 1. The van der Waals surface area contributed by atoms with Crippen LogP contribution in [0.3, 0.4) is 0 Å². The first-order valence-corrected chi connectivity index (χ1v) is 7.22. The van der Waals surface area contributed by atoms with Gasteiger partial charge in [-0.2, -0.15) is 0 Å². The first-order chi connectivity index (χ1) is 10.1. The number of nitrogens with two attached hydrogens (primary N) is 1. The van der Waals surface area contributed by atoms with Crippen molar-refractivity contribution in [1.29, 1.82) is 0 Å². The van der Waals surface area contributed by atoms with E-state index in [1.54, 1.807) is 6.26 Å². The standard InChI is InChI=1S/C17H22N2O2/c1-13(2)19(12-14-5-3-6-15(18)11-14)17(20)9-8-16-7-4-10-21-16/h3-7,10-11,13H,8-9,12,18H2,1-2H3. The third-order valence-corrected chi connectivity index (χ3v) is 3.41. The predicted molar refractivity (Wildman–Crippen MR) is 83.6 cm³/mol. The molecule has 0 atom stereocenters. The number of benzene rings is 1. The van der Waals surface area contributed by atoms with Crippen LogP contribution in [0, 0.1) is 0 Å². The molecule has 0 aliphatic rings. The van der Waals surface area contributed by atoms with Crippen LogP contribution in [0.15, 0.2) is 47.1 Å². The molecule has 0 spiro atoms. The fraction of sp³-hybridized carbons (Fsp3) is 0.353. The van der Waals surface area contributed by atoms with Gasteiger partial charge >= 0.3 is 0 Å². The van der Waals surface area contributed by atoms with E-state index in [0.29, 0.717) is 19.4 Å². The molecule has 0 saturated heterocycles. The van der Waals surface area contributed by atoms with Crippen LogP contribution >= 0.6 is 0 Å². The van der Waals surface area contributed by atoms with E-state index in [2.05, 4.69) is 0 Å². The number of hydrogen-bond donors (Lipinski definition) is 1. The number of anilines is 1. The molecule has 0 aliphatic carbocycles. The molecule has 4 nitrogen and oxygen atoms in total. The lowest BCUT2D eigenvalue weighted by Gasteiger charge is -2.27. The molecule has 0 radical (unpaired) electrons. The van der Waals surface area contributed by atoms with Gasteiger partial charge in [-0.25, -0.2) is 0 Å². The summed E-state index contributed by atoms with van der Waals surface area (Å²) in [5.41, 5.74) is 7.57. The number of rotatable bonds is 6. The number of aryl methyl sites for hydroxylation is 1. The molecule has 2 N–H and O–H groups in total. The molecule has 0 saturated carbocycles. The molecule has 21 heavy (non-hydrogen) atoms. The second-order valence-electron chi connectivity index (χ2n) is 5.44. The average Bonchev–Trinajstić information content (AvgIpc) is 2.95. The van der Waals surface area contributed by atoms with Gasteiger partial charge in [0.1, 0.15) is 5.76 Å². The molecule has 2 rings (SSSR count). The second kappa shape index (κ2) is 6.97. The maximum atomic E-state index is 12.4. The maximum absolute atomic E-state index is 12.4. The highest BCUT2D eigenvalue weighted by molar-refractivity contribution is 5.76. The Balaban J connectivity index is 1.99. The normalized spacial score (nSPS) is 10.8. The fourth-order valence-electron chi connectivity index (χ4n) is 2.28. The summed E-state index contributed by atoms with van der Waals surface area (Å²) >= 11 is 0. The van der Waals surface area contributed by atoms with Crippen molar-refractivity contribution in [2.24, 2.45) is 0 Å². The molecule has 4 heteroatoms. The average molecular weight is 286 g/mol. The van der Waals surface area contributed by atoms with Crippen LogP contribution in [-0.4, -0.2) is 16.8 Å². The summed E-state index contributed by atoms with van der Waals surface area (Å²) in [6.45, 7) is 4.63. The maximum Gasteiger partial charge on any atom is 0.223 e. The van der Waals surface area contributed by atoms with Gasteiger partial charge in [0.15, 0.2) is 0 Å². The zero-order valence-electron chi connectivity index (χ0n) is 12.6. The largest absolute Gasteiger partial charge is 0.469 e. The van der Waals surface area contributed by atoms with Crippen LogP contribution < -0.4 is 5.73 Å². The Morgan fingerprint density at radius 1 is 1.29 bits per heavy atom. The summed E-state index contributed by atoms with van der Waals surface area (Å²) in [7, 11) is 0. The monoisotopic (exact) mass is 286 g/mol. The summed E-state index contributed by atoms with van der Waals surface area (Å²) in [4.78, 5) is 14.3. The van der Waals surface area contributed by atoms with Gasteiger partial charge in [0, 0.05) is 31.1 Å². The van der Waals surface area contributed by atoms with E-state index in [0.717, 1.165) is 17.0 Å². The highest BCUT2D eigenvalue weighted by Crippen LogP contribution is 2.14. The number of hydrogen-bond acceptors (Lipinski definition) is 3. The first kappa shape index (κ1) is 15.2. The molecule has 0 unspecified atom stereocenters. The highest BCUT2D eigenvalue weighted by Gasteiger charge is 2.17. The van der Waals surface area contributed by atoms with Gasteiger partial charge in [-0.05, 0) is 43.7 Å². The minimum atomic E-state index is 0.129. The topological polar surface area (TPSA) is 59.5 Å². The highest BCUT2D eigenvalue weighted by atomic mass is 16.3. The van der Waals surface area contributed by atoms with Crippen molar-refractivity contribution in [3.63, 3.8) is 0 Å². The predicted octanol–water partition coefficient (Wildman–Crippen LogP) is 3.23. The summed E-state index contributed by atoms with van der Waals surface area (Å²) in [5.74, 6) is 0.972. The molecular weight excluding hydrogens is 264 g/mol. The van der Waals surface area contributed by atoms with Crippen LogP contribution in [0.5, 0.6) is 0 Å². The molecular formula is C17H22N2O2. The Bertz CT molecular complexity index is 576. The Morgan fingerprint density at radius 3 is 2.71 bits per heavy atom. The Morgan fingerprint density at radius 2 is 2.10 bits per heavy atom. The molecule has 0 aliphatic heterocycles. The van der Waals surface area contributed by atoms with Gasteiger partial charge < -0.3 is 15.1 Å². The number of carbonyl (C=O) groups is 1. The van der Waals surface area contributed by atoms with Crippen molar-refractivity contribution in [3.8, 4) is 0 Å². The number of amides is 1. The molecule has 1 heterocycles. The van der Waals surface area contributed by atoms with Gasteiger partial charge in [-0.1, -0.05) is 12.1 Å². The SMILES string of the molecule is CC(C)N(Cc1cccc(N)c1)C(=O)CCc1ccco1. The van der Waals surface area contributed by atoms with E-state index in [-0.39, 0.29) is 11.9 Å². The van der Waals surface area contributed by atoms with Crippen molar-refractivity contribution >= 4 is 11.6 Å². The molecule has 1 aromatic heterocycles. The molecule has 0 bridgehead atoms. The van der Waals surface area contributed by atoms with Crippen LogP contribution in [0.25, 0.3) is 0 Å². The Kier molecular flexibility index (Phi) is 5.04. The Labute approximate surface area is 125 Å². The summed E-state index contributed by atoms with van der Waals surface area (Å²) < 4.78 is 5.27. The minimum Gasteiger partial charge on any atom is -0.469 e. The number of nitrogens with zero attached hydrogens (tertiary/aromatic N) is 1. The second-order valence-corrected chi connectivity index (χ2v) is 5.44. The lowest BCUT2D eigenvalue weighted by Crippen LogP contribution is -2.36. The lowest BCUT2D eigenvalue weighted by molar-refractivity contribution is -0.133. The summed E-state index contributed by atoms with van der Waals surface area (Å²) in [6.07, 6.45) is 2.72. The van der Waals surface area contributed by atoms with E-state index >= 15 is 0 Å². The molecule has 2 aromatic rings. The molecule has 1 aromatic carbocycles. The number of furan rings is 1. The third kappa shape index (κ3) is 4.38. The van der Waals surface area contributed by atoms with Crippen LogP contribution in [-0.2, 0) is 17.8 Å². The third-order valence-electron chi connectivity index (χ3n) is 3.41. The molecule has 1 amide bonds. The van der Waals surface area contributed by atoms with Crippen LogP contribution in [0.4, 0.5) is 5.69 Å². The van der Waals surface area contributed by atoms with E-state index < -0.39 is 0 Å². The summed E-state index contributed by atoms with van der Waals surface area (Å²) in [6, 6.07) is 11.5. The fourth-order valence-corrected chi connectivity index (χ4v) is 2.28. The van der Waals surface area contributed by atoms with Gasteiger partial charge in [0.2, 0.25) is 5.91 Å². The Hall–Kier alpha value is -2.23. The van der Waals surface area contributed by atoms with E-state index in [1.165, 1.54) is 0 Å². The van der Waals surface area contributed by atoms with Crippen molar-refractivity contribution < 1.29 is 9.21 Å². The van der Waals surface area contributed by atoms with Crippen molar-refractivity contribution in [2.45, 2.75) is 39.3 Å². The first-order valence-electron chi connectivity index (χ1n) is 7.22. The van der Waals surface area contributed by atoms with E-state index in [4.69, 9.17) is 10.2 Å². The zero-order valence-corrected chi connectivity index (χ0v) is 12.6. The minimum absolute atomic E-state index is 0.129.